The fraction of sp³-hybridized carbons (Fsp3) is 0.229. The van der Waals surface area contributed by atoms with Crippen LogP contribution in [0.5, 0.6) is 0 Å². The quantitative estimate of drug-likeness (QED) is 0.221. The smallest absolute Gasteiger partial charge is 0.131 e. The van der Waals surface area contributed by atoms with Crippen molar-refractivity contribution in [3.05, 3.63) is 202 Å². The lowest BCUT2D eigenvalue weighted by Gasteiger charge is -2.32. The van der Waals surface area contributed by atoms with Gasteiger partial charge in [0.15, 0.2) is 0 Å². The lowest BCUT2D eigenvalue weighted by atomic mass is 9.76. The molecule has 2 N–H and O–H groups in total. The van der Waals surface area contributed by atoms with E-state index in [1.165, 1.54) is 50.1 Å². The number of ether oxygens (including phenoxy) is 1. The highest BCUT2D eigenvalue weighted by molar-refractivity contribution is 5.99. The Kier molecular flexibility index (Phi) is 7.52. The topological polar surface area (TPSA) is 45.6 Å². The average molecular weight is 678 g/mol. The van der Waals surface area contributed by atoms with Gasteiger partial charge in [0, 0.05) is 22.8 Å². The molecule has 1 saturated heterocycles. The number of benzene rings is 4. The SMILES string of the molecule is CC1(C)C2=CC3OC4CC=CC=C4C3C=C2c2ccc(C3C=CC(c4ccc(C5NC(c6ccccc6)=NC(c6ccccc6)N5)cc4)=CC3)cc21. The summed E-state index contributed by atoms with van der Waals surface area (Å²) in [5, 5.41) is 7.39. The second-order valence-corrected chi connectivity index (χ2v) is 15.4. The second kappa shape index (κ2) is 12.4. The molecule has 0 spiro atoms. The van der Waals surface area contributed by atoms with E-state index in [0.717, 1.165) is 29.8 Å². The first kappa shape index (κ1) is 31.4. The number of nitrogens with zero attached hydrogens (tertiary/aromatic N) is 1. The van der Waals surface area contributed by atoms with E-state index >= 15 is 0 Å². The molecule has 0 saturated carbocycles. The van der Waals surface area contributed by atoms with Crippen LogP contribution in [0.3, 0.4) is 0 Å². The minimum absolute atomic E-state index is 0.0517. The lowest BCUT2D eigenvalue weighted by Crippen LogP contribution is -2.44. The summed E-state index contributed by atoms with van der Waals surface area (Å²) in [6, 6.07) is 37.1. The van der Waals surface area contributed by atoms with Gasteiger partial charge in [-0.3, -0.25) is 5.32 Å². The third-order valence-corrected chi connectivity index (χ3v) is 12.0. The zero-order valence-corrected chi connectivity index (χ0v) is 29.7. The summed E-state index contributed by atoms with van der Waals surface area (Å²) >= 11 is 0. The molecule has 1 fully saturated rings. The van der Waals surface area contributed by atoms with Gasteiger partial charge in [-0.15, -0.1) is 0 Å². The predicted octanol–water partition coefficient (Wildman–Crippen LogP) is 10.0. The molecule has 0 radical (unpaired) electrons. The van der Waals surface area contributed by atoms with Crippen molar-refractivity contribution in [2.75, 3.05) is 0 Å². The van der Waals surface area contributed by atoms with E-state index in [1.807, 2.05) is 12.1 Å². The summed E-state index contributed by atoms with van der Waals surface area (Å²) < 4.78 is 6.55. The number of nitrogens with one attached hydrogen (secondary N) is 2. The molecule has 4 nitrogen and oxygen atoms in total. The van der Waals surface area contributed by atoms with Crippen molar-refractivity contribution in [1.29, 1.82) is 0 Å². The molecule has 52 heavy (non-hydrogen) atoms. The van der Waals surface area contributed by atoms with Crippen LogP contribution in [0, 0.1) is 5.92 Å². The number of allylic oxidation sites excluding steroid dienone is 8. The van der Waals surface area contributed by atoms with Gasteiger partial charge in [0.05, 0.1) is 12.2 Å². The van der Waals surface area contributed by atoms with E-state index < -0.39 is 0 Å². The highest BCUT2D eigenvalue weighted by Crippen LogP contribution is 2.55. The van der Waals surface area contributed by atoms with Crippen molar-refractivity contribution < 1.29 is 4.74 Å². The molecule has 4 heteroatoms. The van der Waals surface area contributed by atoms with Crippen molar-refractivity contribution in [1.82, 2.24) is 10.6 Å². The number of hydrogen-bond acceptors (Lipinski definition) is 4. The Hall–Kier alpha value is -5.29. The van der Waals surface area contributed by atoms with E-state index in [4.69, 9.17) is 9.73 Å². The Bertz CT molecular complexity index is 2270. The predicted molar refractivity (Wildman–Crippen MR) is 212 cm³/mol. The Morgan fingerprint density at radius 2 is 1.58 bits per heavy atom. The lowest BCUT2D eigenvalue weighted by molar-refractivity contribution is 0.0733. The van der Waals surface area contributed by atoms with Gasteiger partial charge in [0.2, 0.25) is 0 Å². The van der Waals surface area contributed by atoms with E-state index in [1.54, 1.807) is 0 Å². The van der Waals surface area contributed by atoms with Crippen molar-refractivity contribution in [2.24, 2.45) is 10.9 Å². The first-order valence-corrected chi connectivity index (χ1v) is 18.8. The maximum atomic E-state index is 6.55. The van der Waals surface area contributed by atoms with Crippen LogP contribution in [0.4, 0.5) is 0 Å². The maximum absolute atomic E-state index is 6.55. The maximum Gasteiger partial charge on any atom is 0.131 e. The fourth-order valence-corrected chi connectivity index (χ4v) is 9.10. The highest BCUT2D eigenvalue weighted by atomic mass is 16.5. The van der Waals surface area contributed by atoms with Crippen molar-refractivity contribution in [2.45, 2.75) is 62.6 Å². The van der Waals surface area contributed by atoms with Crippen LogP contribution in [0.25, 0.3) is 11.1 Å². The minimum atomic E-state index is -0.140. The normalized spacial score (nSPS) is 27.8. The van der Waals surface area contributed by atoms with Gasteiger partial charge >= 0.3 is 0 Å². The molecule has 6 aliphatic rings. The third kappa shape index (κ3) is 5.32. The Labute approximate surface area is 306 Å². The van der Waals surface area contributed by atoms with Gasteiger partial charge in [-0.1, -0.05) is 166 Å². The van der Waals surface area contributed by atoms with E-state index in [2.05, 4.69) is 164 Å². The number of hydrogen-bond donors (Lipinski definition) is 2. The molecule has 0 amide bonds. The fourth-order valence-electron chi connectivity index (χ4n) is 9.10. The summed E-state index contributed by atoms with van der Waals surface area (Å²) in [7, 11) is 0. The van der Waals surface area contributed by atoms with Gasteiger partial charge in [-0.05, 0) is 68.5 Å². The van der Waals surface area contributed by atoms with Crippen LogP contribution in [-0.4, -0.2) is 18.0 Å². The van der Waals surface area contributed by atoms with Crippen LogP contribution in [0.15, 0.2) is 168 Å². The molecular weight excluding hydrogens is 635 g/mol. The van der Waals surface area contributed by atoms with E-state index in [-0.39, 0.29) is 30.0 Å². The number of amidine groups is 1. The number of fused-ring (bicyclic) bond motifs is 6. The Morgan fingerprint density at radius 3 is 2.37 bits per heavy atom. The molecule has 4 aromatic carbocycles. The second-order valence-electron chi connectivity index (χ2n) is 15.4. The standard InChI is InChI=1S/C48H43N3O/c1-48(2)41-27-36(25-26-37(41)39-28-40-38-15-9-10-16-43(38)52-44(40)29-42(39)48)32-19-17-30(18-20-32)31-21-23-35(24-22-31)47-50-45(33-11-5-3-6-12-33)49-46(51-47)34-13-7-4-8-14-34/h3-15,17-19,21-29,32,40,43-45,47,50H,16,20H2,1-2H3,(H,49,51). The van der Waals surface area contributed by atoms with Gasteiger partial charge in [0.1, 0.15) is 18.2 Å². The average Bonchev–Trinajstić information content (AvgIpc) is 3.68. The van der Waals surface area contributed by atoms with Crippen molar-refractivity contribution in [3.8, 4) is 0 Å². The largest absolute Gasteiger partial charge is 0.365 e. The minimum Gasteiger partial charge on any atom is -0.365 e. The van der Waals surface area contributed by atoms with Crippen molar-refractivity contribution >= 4 is 17.0 Å². The monoisotopic (exact) mass is 677 g/mol. The van der Waals surface area contributed by atoms with Crippen LogP contribution >= 0.6 is 0 Å². The Balaban J connectivity index is 0.864. The summed E-state index contributed by atoms with van der Waals surface area (Å²) in [6.45, 7) is 4.78. The van der Waals surface area contributed by atoms with Gasteiger partial charge < -0.3 is 10.1 Å². The highest BCUT2D eigenvalue weighted by Gasteiger charge is 2.46. The molecule has 4 aliphatic carbocycles. The molecule has 0 aromatic heterocycles. The summed E-state index contributed by atoms with van der Waals surface area (Å²) in [5.74, 6) is 1.60. The van der Waals surface area contributed by atoms with Crippen LogP contribution in [0.2, 0.25) is 0 Å². The molecular formula is C48H43N3O. The molecule has 10 rings (SSSR count). The van der Waals surface area contributed by atoms with E-state index in [9.17, 15) is 0 Å². The first-order valence-electron chi connectivity index (χ1n) is 18.8. The van der Waals surface area contributed by atoms with Gasteiger partial charge in [-0.25, -0.2) is 4.99 Å². The number of aliphatic imine (C=N–C) groups is 1. The molecule has 2 heterocycles. The summed E-state index contributed by atoms with van der Waals surface area (Å²) in [4.78, 5) is 5.05. The molecule has 256 valence electrons. The Morgan fingerprint density at radius 1 is 0.788 bits per heavy atom. The molecule has 2 aliphatic heterocycles. The van der Waals surface area contributed by atoms with Crippen LogP contribution in [0.1, 0.15) is 83.9 Å². The van der Waals surface area contributed by atoms with Crippen LogP contribution < -0.4 is 10.6 Å². The zero-order valence-electron chi connectivity index (χ0n) is 29.7. The molecule has 6 atom stereocenters. The third-order valence-electron chi connectivity index (χ3n) is 12.0. The molecule has 0 bridgehead atoms. The van der Waals surface area contributed by atoms with Gasteiger partial charge in [-0.2, -0.15) is 0 Å². The molecule has 6 unspecified atom stereocenters. The van der Waals surface area contributed by atoms with E-state index in [0.29, 0.717) is 11.8 Å². The van der Waals surface area contributed by atoms with Gasteiger partial charge in [0.25, 0.3) is 0 Å². The first-order chi connectivity index (χ1) is 25.5. The number of rotatable bonds is 5. The summed E-state index contributed by atoms with van der Waals surface area (Å²) in [6.07, 6.45) is 20.9. The summed E-state index contributed by atoms with van der Waals surface area (Å²) in [5.41, 5.74) is 14.4. The van der Waals surface area contributed by atoms with Crippen molar-refractivity contribution in [3.63, 3.8) is 0 Å². The molecule has 4 aromatic rings. The zero-order chi connectivity index (χ0) is 34.8. The van der Waals surface area contributed by atoms with Crippen LogP contribution in [-0.2, 0) is 10.2 Å².